The standard InChI is InChI=1S/C17H23FN2O3/c18-15-4-2-1-3-14(15)11-19-16(21)12-20-7-5-13(6-8-20)17-22-9-10-23-17/h1-4,13,17H,5-12H2,(H,19,21). The van der Waals surface area contributed by atoms with Gasteiger partial charge in [-0.15, -0.1) is 0 Å². The third-order valence-corrected chi connectivity index (χ3v) is 4.47. The van der Waals surface area contributed by atoms with Gasteiger partial charge in [-0.2, -0.15) is 0 Å². The molecule has 126 valence electrons. The number of amides is 1. The number of nitrogens with one attached hydrogen (secondary N) is 1. The van der Waals surface area contributed by atoms with Gasteiger partial charge in [0.05, 0.1) is 19.8 Å². The van der Waals surface area contributed by atoms with E-state index in [4.69, 9.17) is 9.47 Å². The lowest BCUT2D eigenvalue weighted by atomic mass is 9.96. The molecule has 2 aliphatic rings. The highest BCUT2D eigenvalue weighted by atomic mass is 19.1. The van der Waals surface area contributed by atoms with Gasteiger partial charge < -0.3 is 14.8 Å². The third-order valence-electron chi connectivity index (χ3n) is 4.47. The van der Waals surface area contributed by atoms with E-state index in [0.717, 1.165) is 25.9 Å². The van der Waals surface area contributed by atoms with Crippen LogP contribution in [0.2, 0.25) is 0 Å². The number of hydrogen-bond acceptors (Lipinski definition) is 4. The molecule has 6 heteroatoms. The van der Waals surface area contributed by atoms with Crippen LogP contribution >= 0.6 is 0 Å². The van der Waals surface area contributed by atoms with Gasteiger partial charge in [-0.25, -0.2) is 4.39 Å². The van der Waals surface area contributed by atoms with Crippen LogP contribution in [0.3, 0.4) is 0 Å². The van der Waals surface area contributed by atoms with Crippen LogP contribution < -0.4 is 5.32 Å². The SMILES string of the molecule is O=C(CN1CCC(C2OCCO2)CC1)NCc1ccccc1F. The Morgan fingerprint density at radius 2 is 1.91 bits per heavy atom. The van der Waals surface area contributed by atoms with Crippen molar-refractivity contribution in [1.29, 1.82) is 0 Å². The zero-order chi connectivity index (χ0) is 16.1. The van der Waals surface area contributed by atoms with Gasteiger partial charge in [0.25, 0.3) is 0 Å². The van der Waals surface area contributed by atoms with E-state index in [1.165, 1.54) is 6.07 Å². The van der Waals surface area contributed by atoms with Crippen molar-refractivity contribution in [1.82, 2.24) is 10.2 Å². The summed E-state index contributed by atoms with van der Waals surface area (Å²) in [5.74, 6) is 0.0699. The fraction of sp³-hybridized carbons (Fsp3) is 0.588. The highest BCUT2D eigenvalue weighted by Crippen LogP contribution is 2.25. The van der Waals surface area contributed by atoms with E-state index in [0.29, 0.717) is 31.2 Å². The summed E-state index contributed by atoms with van der Waals surface area (Å²) in [6.07, 6.45) is 1.89. The summed E-state index contributed by atoms with van der Waals surface area (Å²) >= 11 is 0. The van der Waals surface area contributed by atoms with Crippen LogP contribution in [0.5, 0.6) is 0 Å². The Labute approximate surface area is 135 Å². The van der Waals surface area contributed by atoms with Gasteiger partial charge in [0.2, 0.25) is 5.91 Å². The van der Waals surface area contributed by atoms with Crippen molar-refractivity contribution in [3.63, 3.8) is 0 Å². The van der Waals surface area contributed by atoms with Gasteiger partial charge in [-0.05, 0) is 32.0 Å². The minimum Gasteiger partial charge on any atom is -0.351 e. The lowest BCUT2D eigenvalue weighted by Crippen LogP contribution is -2.43. The highest BCUT2D eigenvalue weighted by Gasteiger charge is 2.30. The summed E-state index contributed by atoms with van der Waals surface area (Å²) in [7, 11) is 0. The molecule has 0 aliphatic carbocycles. The number of rotatable bonds is 5. The van der Waals surface area contributed by atoms with E-state index >= 15 is 0 Å². The fourth-order valence-electron chi connectivity index (χ4n) is 3.13. The zero-order valence-corrected chi connectivity index (χ0v) is 13.2. The number of carbonyl (C=O) groups is 1. The van der Waals surface area contributed by atoms with Crippen LogP contribution in [-0.4, -0.2) is 49.9 Å². The van der Waals surface area contributed by atoms with Crippen molar-refractivity contribution < 1.29 is 18.7 Å². The molecule has 3 rings (SSSR count). The lowest BCUT2D eigenvalue weighted by molar-refractivity contribution is -0.124. The monoisotopic (exact) mass is 322 g/mol. The first-order valence-corrected chi connectivity index (χ1v) is 8.18. The Hall–Kier alpha value is -1.50. The maximum absolute atomic E-state index is 13.5. The molecule has 2 fully saturated rings. The summed E-state index contributed by atoms with van der Waals surface area (Å²) in [5, 5.41) is 2.78. The molecule has 1 N–H and O–H groups in total. The molecule has 0 radical (unpaired) electrons. The topological polar surface area (TPSA) is 50.8 Å². The lowest BCUT2D eigenvalue weighted by Gasteiger charge is -2.33. The van der Waals surface area contributed by atoms with Crippen molar-refractivity contribution in [2.45, 2.75) is 25.7 Å². The Kier molecular flexibility index (Phi) is 5.59. The number of hydrogen-bond donors (Lipinski definition) is 1. The second-order valence-corrected chi connectivity index (χ2v) is 6.09. The van der Waals surface area contributed by atoms with Gasteiger partial charge in [0, 0.05) is 18.0 Å². The molecule has 0 spiro atoms. The minimum absolute atomic E-state index is 0.0629. The first kappa shape index (κ1) is 16.4. The van der Waals surface area contributed by atoms with Crippen molar-refractivity contribution in [2.75, 3.05) is 32.8 Å². The van der Waals surface area contributed by atoms with Crippen LogP contribution in [0.1, 0.15) is 18.4 Å². The van der Waals surface area contributed by atoms with E-state index in [1.807, 2.05) is 0 Å². The van der Waals surface area contributed by atoms with Crippen molar-refractivity contribution in [3.8, 4) is 0 Å². The second-order valence-electron chi connectivity index (χ2n) is 6.09. The van der Waals surface area contributed by atoms with Crippen LogP contribution in [0, 0.1) is 11.7 Å². The van der Waals surface area contributed by atoms with E-state index in [-0.39, 0.29) is 24.6 Å². The van der Waals surface area contributed by atoms with Crippen LogP contribution in [0.15, 0.2) is 24.3 Å². The average Bonchev–Trinajstić information content (AvgIpc) is 3.09. The Morgan fingerprint density at radius 1 is 1.22 bits per heavy atom. The van der Waals surface area contributed by atoms with E-state index in [1.54, 1.807) is 18.2 Å². The minimum atomic E-state index is -0.287. The molecule has 2 saturated heterocycles. The summed E-state index contributed by atoms with van der Waals surface area (Å²) in [6.45, 7) is 3.67. The maximum atomic E-state index is 13.5. The predicted octanol–water partition coefficient (Wildman–Crippen LogP) is 1.53. The number of piperidine rings is 1. The van der Waals surface area contributed by atoms with E-state index in [2.05, 4.69) is 10.2 Å². The van der Waals surface area contributed by atoms with Crippen LogP contribution in [0.25, 0.3) is 0 Å². The normalized spacial score (nSPS) is 20.7. The predicted molar refractivity (Wildman–Crippen MR) is 83.1 cm³/mol. The van der Waals surface area contributed by atoms with Gasteiger partial charge in [0.1, 0.15) is 5.82 Å². The van der Waals surface area contributed by atoms with Gasteiger partial charge >= 0.3 is 0 Å². The third kappa shape index (κ3) is 4.50. The largest absolute Gasteiger partial charge is 0.351 e. The molecule has 1 aromatic carbocycles. The molecule has 2 aliphatic heterocycles. The first-order valence-electron chi connectivity index (χ1n) is 8.18. The van der Waals surface area contributed by atoms with Gasteiger partial charge in [-0.1, -0.05) is 18.2 Å². The smallest absolute Gasteiger partial charge is 0.234 e. The number of nitrogens with zero attached hydrogens (tertiary/aromatic N) is 1. The summed E-state index contributed by atoms with van der Waals surface area (Å²) in [6, 6.07) is 6.49. The number of halogens is 1. The Morgan fingerprint density at radius 3 is 2.61 bits per heavy atom. The Balaban J connectivity index is 1.38. The molecule has 1 aromatic rings. The maximum Gasteiger partial charge on any atom is 0.234 e. The van der Waals surface area contributed by atoms with Gasteiger partial charge in [0.15, 0.2) is 6.29 Å². The fourth-order valence-corrected chi connectivity index (χ4v) is 3.13. The molecular weight excluding hydrogens is 299 g/mol. The second kappa shape index (κ2) is 7.86. The number of carbonyl (C=O) groups excluding carboxylic acids is 1. The van der Waals surface area contributed by atoms with E-state index < -0.39 is 0 Å². The van der Waals surface area contributed by atoms with Gasteiger partial charge in [-0.3, -0.25) is 9.69 Å². The summed E-state index contributed by atoms with van der Waals surface area (Å²) in [5.41, 5.74) is 0.509. The number of likely N-dealkylation sites (tertiary alicyclic amines) is 1. The first-order chi connectivity index (χ1) is 11.2. The molecule has 0 unspecified atom stereocenters. The molecule has 5 nitrogen and oxygen atoms in total. The van der Waals surface area contributed by atoms with Crippen LogP contribution in [-0.2, 0) is 20.8 Å². The molecule has 2 heterocycles. The highest BCUT2D eigenvalue weighted by molar-refractivity contribution is 5.78. The molecule has 0 saturated carbocycles. The molecule has 23 heavy (non-hydrogen) atoms. The summed E-state index contributed by atoms with van der Waals surface area (Å²) < 4.78 is 24.6. The quantitative estimate of drug-likeness (QED) is 0.893. The van der Waals surface area contributed by atoms with Crippen molar-refractivity contribution in [3.05, 3.63) is 35.6 Å². The zero-order valence-electron chi connectivity index (χ0n) is 13.2. The van der Waals surface area contributed by atoms with Crippen molar-refractivity contribution >= 4 is 5.91 Å². The number of benzene rings is 1. The van der Waals surface area contributed by atoms with E-state index in [9.17, 15) is 9.18 Å². The number of ether oxygens (including phenoxy) is 2. The molecule has 0 aromatic heterocycles. The van der Waals surface area contributed by atoms with Crippen molar-refractivity contribution in [2.24, 2.45) is 5.92 Å². The Bertz CT molecular complexity index is 526. The average molecular weight is 322 g/mol. The molecule has 0 atom stereocenters. The molecule has 0 bridgehead atoms. The molecule has 1 amide bonds. The molecular formula is C17H23FN2O3. The van der Waals surface area contributed by atoms with Crippen LogP contribution in [0.4, 0.5) is 4.39 Å². The summed E-state index contributed by atoms with van der Waals surface area (Å²) in [4.78, 5) is 14.1.